The molecule has 3 aromatic rings. The Morgan fingerprint density at radius 1 is 0.964 bits per heavy atom. The summed E-state index contributed by atoms with van der Waals surface area (Å²) in [4.78, 5) is 25.9. The molecule has 1 aliphatic rings. The molecule has 0 spiro atoms. The van der Waals surface area contributed by atoms with Crippen LogP contribution in [0.1, 0.15) is 49.0 Å². The molecule has 2 aromatic heterocycles. The number of fused-ring (bicyclic) bond motifs is 1. The van der Waals surface area contributed by atoms with E-state index in [9.17, 15) is 14.0 Å². The fourth-order valence-corrected chi connectivity index (χ4v) is 3.99. The minimum Gasteiger partial charge on any atom is -0.346 e. The monoisotopic (exact) mass is 378 g/mol. The van der Waals surface area contributed by atoms with Crippen LogP contribution in [0.25, 0.3) is 16.6 Å². The van der Waals surface area contributed by atoms with E-state index in [2.05, 4.69) is 5.32 Å². The molecule has 144 valence electrons. The van der Waals surface area contributed by atoms with Crippen LogP contribution in [0.2, 0.25) is 0 Å². The predicted octanol–water partition coefficient (Wildman–Crippen LogP) is 4.77. The molecule has 0 radical (unpaired) electrons. The number of hydrogen-bond donors (Lipinski definition) is 1. The van der Waals surface area contributed by atoms with Crippen LogP contribution in [0.4, 0.5) is 4.39 Å². The van der Waals surface area contributed by atoms with Crippen molar-refractivity contribution in [1.82, 2.24) is 9.72 Å². The summed E-state index contributed by atoms with van der Waals surface area (Å²) in [6, 6.07) is 13.5. The average molecular weight is 378 g/mol. The fourth-order valence-electron chi connectivity index (χ4n) is 3.99. The molecule has 0 bridgehead atoms. The Kier molecular flexibility index (Phi) is 5.24. The fraction of sp³-hybridized carbons (Fsp3) is 0.304. The zero-order valence-electron chi connectivity index (χ0n) is 15.7. The lowest BCUT2D eigenvalue weighted by Gasteiger charge is -2.16. The van der Waals surface area contributed by atoms with E-state index in [0.717, 1.165) is 31.2 Å². The second-order valence-electron chi connectivity index (χ2n) is 7.40. The predicted molar refractivity (Wildman–Crippen MR) is 107 cm³/mol. The number of pyridine rings is 1. The number of rotatable bonds is 4. The zero-order valence-corrected chi connectivity index (χ0v) is 15.7. The number of carbonyl (C=O) groups is 2. The summed E-state index contributed by atoms with van der Waals surface area (Å²) in [5.74, 6) is -1.47. The van der Waals surface area contributed by atoms with E-state index < -0.39 is 11.7 Å². The van der Waals surface area contributed by atoms with Crippen molar-refractivity contribution in [1.29, 1.82) is 0 Å². The highest BCUT2D eigenvalue weighted by molar-refractivity contribution is 6.43. The molecule has 1 aliphatic carbocycles. The van der Waals surface area contributed by atoms with Crippen LogP contribution in [-0.2, 0) is 4.79 Å². The first-order valence-electron chi connectivity index (χ1n) is 9.85. The Morgan fingerprint density at radius 3 is 2.39 bits per heavy atom. The Morgan fingerprint density at radius 2 is 1.68 bits per heavy atom. The first kappa shape index (κ1) is 18.4. The van der Waals surface area contributed by atoms with Crippen LogP contribution >= 0.6 is 0 Å². The smallest absolute Gasteiger partial charge is 0.294 e. The van der Waals surface area contributed by atoms with E-state index in [1.807, 2.05) is 24.3 Å². The minimum absolute atomic E-state index is 0.0550. The third-order valence-electron chi connectivity index (χ3n) is 5.45. The van der Waals surface area contributed by atoms with Gasteiger partial charge in [-0.05, 0) is 48.7 Å². The SMILES string of the molecule is O=C(NC1CCCCCC1)C(=O)c1c(-c2ccc(F)cc2)cc2ccccn12. The maximum Gasteiger partial charge on any atom is 0.294 e. The number of nitrogens with one attached hydrogen (secondary N) is 1. The zero-order chi connectivity index (χ0) is 19.5. The number of amides is 1. The van der Waals surface area contributed by atoms with Gasteiger partial charge in [0.2, 0.25) is 0 Å². The molecule has 1 fully saturated rings. The first-order chi connectivity index (χ1) is 13.6. The van der Waals surface area contributed by atoms with Crippen LogP contribution in [0.3, 0.4) is 0 Å². The molecule has 1 amide bonds. The largest absolute Gasteiger partial charge is 0.346 e. The maximum atomic E-state index is 13.4. The number of hydrogen-bond acceptors (Lipinski definition) is 2. The Hall–Kier alpha value is -2.95. The van der Waals surface area contributed by atoms with E-state index in [1.54, 1.807) is 22.7 Å². The number of Topliss-reactive ketones (excluding diaryl/α,β-unsaturated/α-hetero) is 1. The molecule has 2 heterocycles. The molecule has 1 saturated carbocycles. The van der Waals surface area contributed by atoms with Crippen LogP contribution in [0, 0.1) is 5.82 Å². The highest BCUT2D eigenvalue weighted by Gasteiger charge is 2.26. The molecule has 0 aliphatic heterocycles. The number of benzene rings is 1. The van der Waals surface area contributed by atoms with E-state index in [0.29, 0.717) is 16.8 Å². The van der Waals surface area contributed by atoms with Gasteiger partial charge < -0.3 is 9.72 Å². The summed E-state index contributed by atoms with van der Waals surface area (Å²) < 4.78 is 15.1. The van der Waals surface area contributed by atoms with Crippen molar-refractivity contribution in [2.24, 2.45) is 0 Å². The van der Waals surface area contributed by atoms with Crippen LogP contribution in [-0.4, -0.2) is 22.1 Å². The summed E-state index contributed by atoms with van der Waals surface area (Å²) in [5.41, 5.74) is 2.46. The van der Waals surface area contributed by atoms with E-state index in [4.69, 9.17) is 0 Å². The standard InChI is InChI=1S/C23H23FN2O2/c24-17-12-10-16(11-13-17)20-15-19-9-5-6-14-26(19)21(20)22(27)23(28)25-18-7-3-1-2-4-8-18/h5-6,9-15,18H,1-4,7-8H2,(H,25,28). The van der Waals surface area contributed by atoms with E-state index in [1.165, 1.54) is 25.0 Å². The molecular weight excluding hydrogens is 355 g/mol. The molecule has 4 rings (SSSR count). The van der Waals surface area contributed by atoms with Gasteiger partial charge >= 0.3 is 0 Å². The summed E-state index contributed by atoms with van der Waals surface area (Å²) >= 11 is 0. The van der Waals surface area contributed by atoms with Gasteiger partial charge in [-0.2, -0.15) is 0 Å². The summed E-state index contributed by atoms with van der Waals surface area (Å²) in [5, 5.41) is 2.94. The van der Waals surface area contributed by atoms with Crippen LogP contribution in [0.15, 0.2) is 54.7 Å². The van der Waals surface area contributed by atoms with Gasteiger partial charge in [0.15, 0.2) is 0 Å². The lowest BCUT2D eigenvalue weighted by molar-refractivity contribution is -0.117. The molecule has 1 N–H and O–H groups in total. The van der Waals surface area contributed by atoms with Crippen molar-refractivity contribution in [3.63, 3.8) is 0 Å². The van der Waals surface area contributed by atoms with Crippen LogP contribution in [0.5, 0.6) is 0 Å². The normalized spacial score (nSPS) is 15.3. The number of carbonyl (C=O) groups excluding carboxylic acids is 2. The Bertz CT molecular complexity index is 999. The van der Waals surface area contributed by atoms with Crippen molar-refractivity contribution in [2.45, 2.75) is 44.6 Å². The van der Waals surface area contributed by atoms with Gasteiger partial charge in [0.1, 0.15) is 11.5 Å². The van der Waals surface area contributed by atoms with Crippen molar-refractivity contribution in [2.75, 3.05) is 0 Å². The first-order valence-corrected chi connectivity index (χ1v) is 9.85. The molecule has 0 unspecified atom stereocenters. The van der Waals surface area contributed by atoms with E-state index in [-0.39, 0.29) is 11.9 Å². The lowest BCUT2D eigenvalue weighted by Crippen LogP contribution is -2.39. The lowest BCUT2D eigenvalue weighted by atomic mass is 10.0. The summed E-state index contributed by atoms with van der Waals surface area (Å²) in [6.45, 7) is 0. The van der Waals surface area contributed by atoms with Gasteiger partial charge in [0, 0.05) is 23.3 Å². The number of ketones is 1. The maximum absolute atomic E-state index is 13.4. The highest BCUT2D eigenvalue weighted by Crippen LogP contribution is 2.29. The average Bonchev–Trinajstić information content (AvgIpc) is 2.90. The van der Waals surface area contributed by atoms with Crippen molar-refractivity contribution < 1.29 is 14.0 Å². The van der Waals surface area contributed by atoms with Gasteiger partial charge in [-0.3, -0.25) is 9.59 Å². The molecule has 1 aromatic carbocycles. The van der Waals surface area contributed by atoms with Gasteiger partial charge in [-0.25, -0.2) is 4.39 Å². The molecule has 5 heteroatoms. The molecule has 0 saturated heterocycles. The highest BCUT2D eigenvalue weighted by atomic mass is 19.1. The molecule has 0 atom stereocenters. The third kappa shape index (κ3) is 3.70. The van der Waals surface area contributed by atoms with Gasteiger partial charge in [0.25, 0.3) is 11.7 Å². The quantitative estimate of drug-likeness (QED) is 0.404. The Balaban J connectivity index is 1.69. The molecular formula is C23H23FN2O2. The van der Waals surface area contributed by atoms with Gasteiger partial charge in [-0.15, -0.1) is 0 Å². The van der Waals surface area contributed by atoms with E-state index >= 15 is 0 Å². The second-order valence-corrected chi connectivity index (χ2v) is 7.40. The van der Waals surface area contributed by atoms with Crippen molar-refractivity contribution >= 4 is 17.2 Å². The van der Waals surface area contributed by atoms with Gasteiger partial charge in [0.05, 0.1) is 0 Å². The second kappa shape index (κ2) is 7.97. The topological polar surface area (TPSA) is 50.6 Å². The number of halogens is 1. The van der Waals surface area contributed by atoms with Crippen LogP contribution < -0.4 is 5.32 Å². The number of aromatic nitrogens is 1. The van der Waals surface area contributed by atoms with Crippen molar-refractivity contribution in [3.05, 3.63) is 66.2 Å². The summed E-state index contributed by atoms with van der Waals surface area (Å²) in [7, 11) is 0. The third-order valence-corrected chi connectivity index (χ3v) is 5.45. The number of nitrogens with zero attached hydrogens (tertiary/aromatic N) is 1. The molecule has 28 heavy (non-hydrogen) atoms. The van der Waals surface area contributed by atoms with Gasteiger partial charge in [-0.1, -0.05) is 43.9 Å². The molecule has 4 nitrogen and oxygen atoms in total. The Labute approximate surface area is 163 Å². The minimum atomic E-state index is -0.570. The van der Waals surface area contributed by atoms with Crippen molar-refractivity contribution in [3.8, 4) is 11.1 Å². The summed E-state index contributed by atoms with van der Waals surface area (Å²) in [6.07, 6.45) is 8.12.